The molecule has 7 nitrogen and oxygen atoms in total. The highest BCUT2D eigenvalue weighted by Gasteiger charge is 2.35. The van der Waals surface area contributed by atoms with Gasteiger partial charge >= 0.3 is 0 Å². The van der Waals surface area contributed by atoms with Gasteiger partial charge in [0, 0.05) is 13.0 Å². The van der Waals surface area contributed by atoms with Gasteiger partial charge in [0.2, 0.25) is 5.91 Å². The molecule has 0 saturated heterocycles. The Morgan fingerprint density at radius 3 is 2.45 bits per heavy atom. The molecule has 2 N–H and O–H groups in total. The van der Waals surface area contributed by atoms with Gasteiger partial charge in [0.1, 0.15) is 6.04 Å². The third kappa shape index (κ3) is 3.40. The van der Waals surface area contributed by atoms with E-state index in [-0.39, 0.29) is 11.6 Å². The van der Waals surface area contributed by atoms with Crippen LogP contribution in [0.1, 0.15) is 38.4 Å². The van der Waals surface area contributed by atoms with Crippen molar-refractivity contribution in [1.29, 1.82) is 0 Å². The third-order valence-electron chi connectivity index (χ3n) is 5.39. The SMILES string of the molecule is Cc1ccc(-n2nc(C)c(C(=O)N3Cc4ccccc4CC3C(N)=O)n2)c(C)c1. The summed E-state index contributed by atoms with van der Waals surface area (Å²) in [5.74, 6) is -0.857. The van der Waals surface area contributed by atoms with Crippen molar-refractivity contribution in [3.63, 3.8) is 0 Å². The standard InChI is InChI=1S/C22H23N5O2/c1-13-8-9-18(14(2)10-13)27-24-15(3)20(25-27)22(29)26-12-17-7-5-4-6-16(17)11-19(26)21(23)28/h4-10,19H,11-12H2,1-3H3,(H2,23,28). The Bertz CT molecular complexity index is 1120. The number of rotatable bonds is 3. The summed E-state index contributed by atoms with van der Waals surface area (Å²) in [6, 6.07) is 13.0. The molecule has 0 bridgehead atoms. The first kappa shape index (κ1) is 18.9. The fourth-order valence-corrected chi connectivity index (χ4v) is 3.84. The van der Waals surface area contributed by atoms with Crippen molar-refractivity contribution >= 4 is 11.8 Å². The minimum atomic E-state index is -0.705. The van der Waals surface area contributed by atoms with Crippen molar-refractivity contribution in [3.05, 3.63) is 76.1 Å². The molecule has 2 aromatic carbocycles. The normalized spacial score (nSPS) is 15.8. The molecule has 0 aliphatic carbocycles. The second-order valence-corrected chi connectivity index (χ2v) is 7.54. The second-order valence-electron chi connectivity index (χ2n) is 7.54. The number of primary amides is 1. The van der Waals surface area contributed by atoms with Gasteiger partial charge in [-0.15, -0.1) is 5.10 Å². The summed E-state index contributed by atoms with van der Waals surface area (Å²) in [4.78, 5) is 28.4. The van der Waals surface area contributed by atoms with Gasteiger partial charge in [0.15, 0.2) is 5.69 Å². The Morgan fingerprint density at radius 1 is 1.03 bits per heavy atom. The average Bonchev–Trinajstić information content (AvgIpc) is 3.07. The van der Waals surface area contributed by atoms with E-state index in [9.17, 15) is 9.59 Å². The highest BCUT2D eigenvalue weighted by Crippen LogP contribution is 2.25. The number of nitrogens with two attached hydrogens (primary N) is 1. The zero-order chi connectivity index (χ0) is 20.7. The van der Waals surface area contributed by atoms with Gasteiger partial charge in [-0.25, -0.2) is 0 Å². The molecule has 1 unspecified atom stereocenters. The molecule has 1 aliphatic rings. The number of hydrogen-bond donors (Lipinski definition) is 1. The summed E-state index contributed by atoms with van der Waals surface area (Å²) < 4.78 is 0. The van der Waals surface area contributed by atoms with Crippen molar-refractivity contribution in [3.8, 4) is 5.69 Å². The topological polar surface area (TPSA) is 94.1 Å². The molecule has 4 rings (SSSR count). The maximum Gasteiger partial charge on any atom is 0.277 e. The van der Waals surface area contributed by atoms with Gasteiger partial charge in [0.05, 0.1) is 11.4 Å². The summed E-state index contributed by atoms with van der Waals surface area (Å²) in [5, 5.41) is 8.90. The third-order valence-corrected chi connectivity index (χ3v) is 5.39. The minimum absolute atomic E-state index is 0.232. The molecular formula is C22H23N5O2. The molecule has 1 aromatic heterocycles. The number of amides is 2. The Balaban J connectivity index is 1.70. The number of aryl methyl sites for hydroxylation is 3. The van der Waals surface area contributed by atoms with Gasteiger partial charge in [-0.05, 0) is 43.5 Å². The lowest BCUT2D eigenvalue weighted by atomic mass is 9.93. The Morgan fingerprint density at radius 2 is 1.76 bits per heavy atom. The van der Waals surface area contributed by atoms with Crippen LogP contribution in [0.3, 0.4) is 0 Å². The molecule has 29 heavy (non-hydrogen) atoms. The maximum atomic E-state index is 13.3. The number of fused-ring (bicyclic) bond motifs is 1. The van der Waals surface area contributed by atoms with Crippen LogP contribution in [0.5, 0.6) is 0 Å². The Kier molecular flexibility index (Phi) is 4.66. The maximum absolute atomic E-state index is 13.3. The lowest BCUT2D eigenvalue weighted by molar-refractivity contribution is -0.122. The molecule has 2 heterocycles. The van der Waals surface area contributed by atoms with E-state index in [1.54, 1.807) is 6.92 Å². The zero-order valence-electron chi connectivity index (χ0n) is 16.7. The molecule has 0 radical (unpaired) electrons. The van der Waals surface area contributed by atoms with E-state index in [0.29, 0.717) is 18.7 Å². The number of benzene rings is 2. The van der Waals surface area contributed by atoms with E-state index in [4.69, 9.17) is 5.73 Å². The molecule has 1 aliphatic heterocycles. The Labute approximate surface area is 169 Å². The largest absolute Gasteiger partial charge is 0.368 e. The molecule has 148 valence electrons. The van der Waals surface area contributed by atoms with E-state index < -0.39 is 11.9 Å². The number of carbonyl (C=O) groups is 2. The lowest BCUT2D eigenvalue weighted by Crippen LogP contribution is -2.51. The molecular weight excluding hydrogens is 366 g/mol. The highest BCUT2D eigenvalue weighted by atomic mass is 16.2. The molecule has 2 amide bonds. The highest BCUT2D eigenvalue weighted by molar-refractivity contribution is 5.97. The van der Waals surface area contributed by atoms with Crippen LogP contribution in [0.4, 0.5) is 0 Å². The second kappa shape index (κ2) is 7.16. The van der Waals surface area contributed by atoms with Crippen LogP contribution in [-0.4, -0.2) is 37.7 Å². The van der Waals surface area contributed by atoms with E-state index >= 15 is 0 Å². The monoisotopic (exact) mass is 389 g/mol. The first-order valence-corrected chi connectivity index (χ1v) is 9.54. The van der Waals surface area contributed by atoms with Gasteiger partial charge in [0.25, 0.3) is 5.91 Å². The van der Waals surface area contributed by atoms with Crippen LogP contribution in [-0.2, 0) is 17.8 Å². The molecule has 0 fully saturated rings. The molecule has 0 saturated carbocycles. The van der Waals surface area contributed by atoms with Crippen molar-refractivity contribution in [2.45, 2.75) is 39.8 Å². The molecule has 3 aromatic rings. The van der Waals surface area contributed by atoms with Gasteiger partial charge in [-0.1, -0.05) is 42.0 Å². The summed E-state index contributed by atoms with van der Waals surface area (Å²) in [6.07, 6.45) is 0.404. The van der Waals surface area contributed by atoms with E-state index in [1.807, 2.05) is 56.3 Å². The fourth-order valence-electron chi connectivity index (χ4n) is 3.84. The number of nitrogens with zero attached hydrogens (tertiary/aromatic N) is 4. The summed E-state index contributed by atoms with van der Waals surface area (Å²) in [7, 11) is 0. The first-order chi connectivity index (χ1) is 13.8. The molecule has 1 atom stereocenters. The Hall–Kier alpha value is -3.48. The smallest absolute Gasteiger partial charge is 0.277 e. The average molecular weight is 389 g/mol. The number of carbonyl (C=O) groups excluding carboxylic acids is 2. The number of aromatic nitrogens is 3. The van der Waals surface area contributed by atoms with Gasteiger partial charge < -0.3 is 10.6 Å². The van der Waals surface area contributed by atoms with E-state index in [2.05, 4.69) is 10.2 Å². The lowest BCUT2D eigenvalue weighted by Gasteiger charge is -2.34. The summed E-state index contributed by atoms with van der Waals surface area (Å²) in [5.41, 5.74) is 11.4. The summed E-state index contributed by atoms with van der Waals surface area (Å²) in [6.45, 7) is 6.06. The van der Waals surface area contributed by atoms with Crippen LogP contribution in [0, 0.1) is 20.8 Å². The van der Waals surface area contributed by atoms with Crippen molar-refractivity contribution in [2.75, 3.05) is 0 Å². The zero-order valence-corrected chi connectivity index (χ0v) is 16.7. The predicted octanol–water partition coefficient (Wildman–Crippen LogP) is 2.24. The molecule has 7 heteroatoms. The fraction of sp³-hybridized carbons (Fsp3) is 0.273. The van der Waals surface area contributed by atoms with Crippen LogP contribution in [0.15, 0.2) is 42.5 Å². The van der Waals surface area contributed by atoms with Crippen LogP contribution in [0.2, 0.25) is 0 Å². The first-order valence-electron chi connectivity index (χ1n) is 9.54. The van der Waals surface area contributed by atoms with Crippen LogP contribution < -0.4 is 5.73 Å². The van der Waals surface area contributed by atoms with Gasteiger partial charge in [-0.2, -0.15) is 9.90 Å². The molecule has 0 spiro atoms. The van der Waals surface area contributed by atoms with Crippen LogP contribution >= 0.6 is 0 Å². The summed E-state index contributed by atoms with van der Waals surface area (Å²) >= 11 is 0. The predicted molar refractivity (Wildman–Crippen MR) is 109 cm³/mol. The minimum Gasteiger partial charge on any atom is -0.368 e. The van der Waals surface area contributed by atoms with Crippen LogP contribution in [0.25, 0.3) is 5.69 Å². The van der Waals surface area contributed by atoms with E-state index in [0.717, 1.165) is 27.9 Å². The van der Waals surface area contributed by atoms with E-state index in [1.165, 1.54) is 9.70 Å². The number of hydrogen-bond acceptors (Lipinski definition) is 4. The quantitative estimate of drug-likeness (QED) is 0.743. The van der Waals surface area contributed by atoms with Crippen molar-refractivity contribution in [2.24, 2.45) is 5.73 Å². The van der Waals surface area contributed by atoms with Crippen molar-refractivity contribution < 1.29 is 9.59 Å². The van der Waals surface area contributed by atoms with Gasteiger partial charge in [-0.3, -0.25) is 9.59 Å². The van der Waals surface area contributed by atoms with Crippen molar-refractivity contribution in [1.82, 2.24) is 19.9 Å².